The van der Waals surface area contributed by atoms with Crippen LogP contribution in [0.5, 0.6) is 0 Å². The lowest BCUT2D eigenvalue weighted by Gasteiger charge is -2.09. The summed E-state index contributed by atoms with van der Waals surface area (Å²) in [5.41, 5.74) is 4.12. The summed E-state index contributed by atoms with van der Waals surface area (Å²) in [6.07, 6.45) is 0. The first kappa shape index (κ1) is 19.8. The van der Waals surface area contributed by atoms with Crippen LogP contribution in [0.4, 0.5) is 11.4 Å². The van der Waals surface area contributed by atoms with Crippen LogP contribution in [0, 0.1) is 20.8 Å². The van der Waals surface area contributed by atoms with Crippen LogP contribution < -0.4 is 10.6 Å². The van der Waals surface area contributed by atoms with Gasteiger partial charge in [0.25, 0.3) is 5.91 Å². The summed E-state index contributed by atoms with van der Waals surface area (Å²) in [7, 11) is 0. The predicted octanol–water partition coefficient (Wildman–Crippen LogP) is 3.86. The maximum Gasteiger partial charge on any atom is 0.278 e. The third-order valence-corrected chi connectivity index (χ3v) is 4.94. The maximum atomic E-state index is 12.6. The number of benzene rings is 2. The number of nitrogens with one attached hydrogen (secondary N) is 2. The standard InChI is InChI=1S/C20H20BrN5O2/c1-12-8-9-17(15(21)10-12)23-20(28)19-14(3)26(25-24-19)11-18(27)22-16-7-5-4-6-13(16)2/h4-10H,11H2,1-3H3,(H,22,27)(H,23,28). The molecular formula is C20H20BrN5O2. The molecule has 0 radical (unpaired) electrons. The molecule has 0 saturated heterocycles. The van der Waals surface area contributed by atoms with E-state index in [2.05, 4.69) is 36.9 Å². The molecule has 0 aliphatic carbocycles. The lowest BCUT2D eigenvalue weighted by molar-refractivity contribution is -0.117. The van der Waals surface area contributed by atoms with Crippen molar-refractivity contribution >= 4 is 39.1 Å². The van der Waals surface area contributed by atoms with Gasteiger partial charge in [-0.3, -0.25) is 9.59 Å². The van der Waals surface area contributed by atoms with Gasteiger partial charge in [0, 0.05) is 10.2 Å². The second kappa shape index (κ2) is 8.35. The van der Waals surface area contributed by atoms with E-state index in [1.807, 2.05) is 56.3 Å². The maximum absolute atomic E-state index is 12.6. The number of amides is 2. The van der Waals surface area contributed by atoms with Gasteiger partial charge >= 0.3 is 0 Å². The van der Waals surface area contributed by atoms with Crippen LogP contribution in [0.1, 0.15) is 27.3 Å². The average Bonchev–Trinajstić information content (AvgIpc) is 3.00. The molecular weight excluding hydrogens is 422 g/mol. The van der Waals surface area contributed by atoms with Gasteiger partial charge in [-0.2, -0.15) is 0 Å². The first-order valence-corrected chi connectivity index (χ1v) is 9.47. The number of para-hydroxylation sites is 1. The second-order valence-corrected chi connectivity index (χ2v) is 7.34. The highest BCUT2D eigenvalue weighted by Crippen LogP contribution is 2.24. The number of carbonyl (C=O) groups excluding carboxylic acids is 2. The van der Waals surface area contributed by atoms with Gasteiger partial charge in [-0.1, -0.05) is 29.5 Å². The van der Waals surface area contributed by atoms with Crippen molar-refractivity contribution in [2.75, 3.05) is 10.6 Å². The first-order valence-electron chi connectivity index (χ1n) is 8.68. The lowest BCUT2D eigenvalue weighted by atomic mass is 10.2. The highest BCUT2D eigenvalue weighted by Gasteiger charge is 2.19. The lowest BCUT2D eigenvalue weighted by Crippen LogP contribution is -2.21. The molecule has 0 unspecified atom stereocenters. The third kappa shape index (κ3) is 4.45. The molecule has 3 aromatic rings. The Morgan fingerprint density at radius 3 is 2.50 bits per heavy atom. The zero-order chi connectivity index (χ0) is 20.3. The molecule has 1 heterocycles. The van der Waals surface area contributed by atoms with Gasteiger partial charge in [-0.25, -0.2) is 4.68 Å². The van der Waals surface area contributed by atoms with E-state index in [9.17, 15) is 9.59 Å². The van der Waals surface area contributed by atoms with Gasteiger partial charge in [0.2, 0.25) is 5.91 Å². The van der Waals surface area contributed by atoms with Crippen molar-refractivity contribution in [2.24, 2.45) is 0 Å². The van der Waals surface area contributed by atoms with Crippen molar-refractivity contribution in [1.29, 1.82) is 0 Å². The summed E-state index contributed by atoms with van der Waals surface area (Å²) >= 11 is 3.43. The summed E-state index contributed by atoms with van der Waals surface area (Å²) in [5, 5.41) is 13.5. The Balaban J connectivity index is 1.70. The smallest absolute Gasteiger partial charge is 0.278 e. The van der Waals surface area contributed by atoms with Crippen LogP contribution >= 0.6 is 15.9 Å². The van der Waals surface area contributed by atoms with Crippen molar-refractivity contribution in [3.05, 3.63) is 69.5 Å². The van der Waals surface area contributed by atoms with E-state index in [1.165, 1.54) is 4.68 Å². The molecule has 2 aromatic carbocycles. The minimum Gasteiger partial charge on any atom is -0.324 e. The quantitative estimate of drug-likeness (QED) is 0.628. The molecule has 8 heteroatoms. The number of anilines is 2. The predicted molar refractivity (Wildman–Crippen MR) is 111 cm³/mol. The van der Waals surface area contributed by atoms with Crippen LogP contribution in [0.15, 0.2) is 46.9 Å². The fraction of sp³-hybridized carbons (Fsp3) is 0.200. The van der Waals surface area contributed by atoms with E-state index in [-0.39, 0.29) is 24.1 Å². The van der Waals surface area contributed by atoms with E-state index in [4.69, 9.17) is 0 Å². The molecule has 28 heavy (non-hydrogen) atoms. The Bertz CT molecular complexity index is 1040. The molecule has 2 amide bonds. The van der Waals surface area contributed by atoms with Gasteiger partial charge in [-0.15, -0.1) is 5.10 Å². The van der Waals surface area contributed by atoms with Crippen LogP contribution in [-0.2, 0) is 11.3 Å². The molecule has 7 nitrogen and oxygen atoms in total. The second-order valence-electron chi connectivity index (χ2n) is 6.48. The fourth-order valence-corrected chi connectivity index (χ4v) is 3.25. The van der Waals surface area contributed by atoms with Gasteiger partial charge in [0.05, 0.1) is 11.4 Å². The van der Waals surface area contributed by atoms with Crippen molar-refractivity contribution in [3.8, 4) is 0 Å². The monoisotopic (exact) mass is 441 g/mol. The van der Waals surface area contributed by atoms with E-state index in [0.29, 0.717) is 11.4 Å². The topological polar surface area (TPSA) is 88.9 Å². The number of nitrogens with zero attached hydrogens (tertiary/aromatic N) is 3. The van der Waals surface area contributed by atoms with Crippen molar-refractivity contribution in [2.45, 2.75) is 27.3 Å². The minimum atomic E-state index is -0.382. The van der Waals surface area contributed by atoms with E-state index < -0.39 is 0 Å². The Morgan fingerprint density at radius 1 is 1.04 bits per heavy atom. The molecule has 0 atom stereocenters. The van der Waals surface area contributed by atoms with Crippen LogP contribution in [-0.4, -0.2) is 26.8 Å². The van der Waals surface area contributed by atoms with Gasteiger partial charge in [0.1, 0.15) is 6.54 Å². The molecule has 3 rings (SSSR count). The van der Waals surface area contributed by atoms with E-state index in [1.54, 1.807) is 6.92 Å². The molecule has 0 aliphatic heterocycles. The van der Waals surface area contributed by atoms with Gasteiger partial charge < -0.3 is 10.6 Å². The number of hydrogen-bond acceptors (Lipinski definition) is 4. The van der Waals surface area contributed by atoms with Crippen LogP contribution in [0.3, 0.4) is 0 Å². The molecule has 0 aliphatic rings. The Labute approximate surface area is 171 Å². The minimum absolute atomic E-state index is 0.0331. The molecule has 0 saturated carbocycles. The summed E-state index contributed by atoms with van der Waals surface area (Å²) in [6.45, 7) is 5.56. The van der Waals surface area contributed by atoms with E-state index >= 15 is 0 Å². The summed E-state index contributed by atoms with van der Waals surface area (Å²) in [6, 6.07) is 13.1. The Kier molecular flexibility index (Phi) is 5.89. The molecule has 0 fully saturated rings. The number of aryl methyl sites for hydroxylation is 2. The van der Waals surface area contributed by atoms with Gasteiger partial charge in [0.15, 0.2) is 5.69 Å². The largest absolute Gasteiger partial charge is 0.324 e. The number of carbonyl (C=O) groups is 2. The molecule has 2 N–H and O–H groups in total. The highest BCUT2D eigenvalue weighted by molar-refractivity contribution is 9.10. The Morgan fingerprint density at radius 2 is 1.79 bits per heavy atom. The number of aromatic nitrogens is 3. The zero-order valence-electron chi connectivity index (χ0n) is 15.8. The van der Waals surface area contributed by atoms with Crippen molar-refractivity contribution in [3.63, 3.8) is 0 Å². The summed E-state index contributed by atoms with van der Waals surface area (Å²) in [5.74, 6) is -0.622. The summed E-state index contributed by atoms with van der Waals surface area (Å²) in [4.78, 5) is 24.9. The SMILES string of the molecule is Cc1ccc(NC(=O)c2nnn(CC(=O)Nc3ccccc3C)c2C)c(Br)c1. The van der Waals surface area contributed by atoms with Crippen LogP contribution in [0.25, 0.3) is 0 Å². The van der Waals surface area contributed by atoms with Gasteiger partial charge in [-0.05, 0) is 66.0 Å². The number of hydrogen-bond donors (Lipinski definition) is 2. The number of halogens is 1. The molecule has 0 spiro atoms. The molecule has 0 bridgehead atoms. The average molecular weight is 442 g/mol. The molecule has 1 aromatic heterocycles. The summed E-state index contributed by atoms with van der Waals surface area (Å²) < 4.78 is 2.19. The molecule has 144 valence electrons. The third-order valence-electron chi connectivity index (χ3n) is 4.28. The highest BCUT2D eigenvalue weighted by atomic mass is 79.9. The normalized spacial score (nSPS) is 10.6. The first-order chi connectivity index (χ1) is 13.3. The van der Waals surface area contributed by atoms with Crippen LogP contribution in [0.2, 0.25) is 0 Å². The zero-order valence-corrected chi connectivity index (χ0v) is 17.4. The van der Waals surface area contributed by atoms with Crippen molar-refractivity contribution < 1.29 is 9.59 Å². The Hall–Kier alpha value is -3.00. The van der Waals surface area contributed by atoms with E-state index in [0.717, 1.165) is 21.3 Å². The fourth-order valence-electron chi connectivity index (χ4n) is 2.66. The number of rotatable bonds is 5. The van der Waals surface area contributed by atoms with Crippen molar-refractivity contribution in [1.82, 2.24) is 15.0 Å².